The number of hydrogen-bond acceptors (Lipinski definition) is 4. The third kappa shape index (κ3) is 4.66. The van der Waals surface area contributed by atoms with Gasteiger partial charge in [-0.25, -0.2) is 4.98 Å². The van der Waals surface area contributed by atoms with Gasteiger partial charge in [-0.1, -0.05) is 54.1 Å². The largest absolute Gasteiger partial charge is 0.322 e. The lowest BCUT2D eigenvalue weighted by atomic mass is 10.1. The average molecular weight is 448 g/mol. The second-order valence-electron chi connectivity index (χ2n) is 6.77. The summed E-state index contributed by atoms with van der Waals surface area (Å²) in [6, 6.07) is 21.8. The van der Waals surface area contributed by atoms with Gasteiger partial charge < -0.3 is 10.6 Å². The Morgan fingerprint density at radius 1 is 0.871 bits per heavy atom. The van der Waals surface area contributed by atoms with Gasteiger partial charge in [0.05, 0.1) is 5.02 Å². The maximum atomic E-state index is 12.8. The fourth-order valence-corrected chi connectivity index (χ4v) is 4.18. The van der Waals surface area contributed by atoms with Crippen molar-refractivity contribution < 1.29 is 9.59 Å². The number of aromatic nitrogens is 1. The molecule has 0 fully saturated rings. The summed E-state index contributed by atoms with van der Waals surface area (Å²) in [5.41, 5.74) is 3.49. The number of hydrogen-bond donors (Lipinski definition) is 2. The molecule has 0 aliphatic rings. The van der Waals surface area contributed by atoms with Crippen LogP contribution in [-0.2, 0) is 0 Å². The molecule has 3 aromatic carbocycles. The van der Waals surface area contributed by atoms with Crippen LogP contribution in [0.3, 0.4) is 0 Å². The molecule has 2 N–H and O–H groups in total. The molecule has 154 valence electrons. The Morgan fingerprint density at radius 3 is 2.39 bits per heavy atom. The van der Waals surface area contributed by atoms with Gasteiger partial charge in [-0.3, -0.25) is 9.59 Å². The molecule has 0 spiro atoms. The Balaban J connectivity index is 1.52. The van der Waals surface area contributed by atoms with Crippen molar-refractivity contribution in [3.8, 4) is 10.6 Å². The van der Waals surface area contributed by atoms with Crippen LogP contribution < -0.4 is 10.6 Å². The van der Waals surface area contributed by atoms with Gasteiger partial charge >= 0.3 is 0 Å². The lowest BCUT2D eigenvalue weighted by molar-refractivity contribution is 0.101. The Morgan fingerprint density at radius 2 is 1.61 bits per heavy atom. The molecular weight excluding hydrogens is 430 g/mol. The van der Waals surface area contributed by atoms with Gasteiger partial charge in [0.2, 0.25) is 0 Å². The quantitative estimate of drug-likeness (QED) is 0.378. The van der Waals surface area contributed by atoms with Crippen molar-refractivity contribution in [2.75, 3.05) is 10.6 Å². The van der Waals surface area contributed by atoms with Crippen LogP contribution in [0.25, 0.3) is 10.6 Å². The van der Waals surface area contributed by atoms with Crippen LogP contribution in [0.4, 0.5) is 11.4 Å². The maximum Gasteiger partial charge on any atom is 0.275 e. The van der Waals surface area contributed by atoms with Crippen LogP contribution in [-0.4, -0.2) is 16.8 Å². The smallest absolute Gasteiger partial charge is 0.275 e. The number of carbonyl (C=O) groups excluding carboxylic acids is 2. The van der Waals surface area contributed by atoms with E-state index in [0.29, 0.717) is 38.2 Å². The van der Waals surface area contributed by atoms with Gasteiger partial charge in [-0.2, -0.15) is 0 Å². The molecule has 0 saturated heterocycles. The lowest BCUT2D eigenvalue weighted by Gasteiger charge is -2.12. The first-order chi connectivity index (χ1) is 15.0. The summed E-state index contributed by atoms with van der Waals surface area (Å²) >= 11 is 7.58. The summed E-state index contributed by atoms with van der Waals surface area (Å²) in [7, 11) is 0. The molecular formula is C24H18ClN3O2S. The van der Waals surface area contributed by atoms with Crippen LogP contribution in [0.1, 0.15) is 26.4 Å². The van der Waals surface area contributed by atoms with E-state index in [9.17, 15) is 9.59 Å². The first-order valence-corrected chi connectivity index (χ1v) is 10.8. The van der Waals surface area contributed by atoms with Crippen LogP contribution in [0.5, 0.6) is 0 Å². The minimum absolute atomic E-state index is 0.241. The monoisotopic (exact) mass is 447 g/mol. The van der Waals surface area contributed by atoms with E-state index in [1.807, 2.05) is 48.5 Å². The first kappa shape index (κ1) is 20.8. The first-order valence-electron chi connectivity index (χ1n) is 9.50. The van der Waals surface area contributed by atoms with Crippen LogP contribution in [0.15, 0.2) is 78.2 Å². The Kier molecular flexibility index (Phi) is 6.11. The van der Waals surface area contributed by atoms with Crippen LogP contribution >= 0.6 is 22.9 Å². The molecule has 2 amide bonds. The van der Waals surface area contributed by atoms with Gasteiger partial charge in [0.1, 0.15) is 10.7 Å². The van der Waals surface area contributed by atoms with Gasteiger partial charge in [-0.05, 0) is 42.8 Å². The average Bonchev–Trinajstić information content (AvgIpc) is 3.26. The molecule has 0 radical (unpaired) electrons. The predicted molar refractivity (Wildman–Crippen MR) is 126 cm³/mol. The molecule has 5 nitrogen and oxygen atoms in total. The highest BCUT2D eigenvalue weighted by Crippen LogP contribution is 2.30. The number of halogens is 1. The molecule has 0 aliphatic heterocycles. The number of carbonyl (C=O) groups is 2. The number of thiazole rings is 1. The molecule has 1 aromatic heterocycles. The number of rotatable bonds is 5. The molecule has 4 rings (SSSR count). The van der Waals surface area contributed by atoms with Gasteiger partial charge in [0.25, 0.3) is 11.8 Å². The molecule has 31 heavy (non-hydrogen) atoms. The van der Waals surface area contributed by atoms with E-state index in [2.05, 4.69) is 15.6 Å². The number of anilines is 2. The highest BCUT2D eigenvalue weighted by atomic mass is 35.5. The molecule has 4 aromatic rings. The molecule has 0 unspecified atom stereocenters. The van der Waals surface area contributed by atoms with Crippen molar-refractivity contribution in [3.05, 3.63) is 100 Å². The third-order valence-corrected chi connectivity index (χ3v) is 5.90. The van der Waals surface area contributed by atoms with Gasteiger partial charge in [0.15, 0.2) is 0 Å². The topological polar surface area (TPSA) is 71.1 Å². The second-order valence-corrected chi connectivity index (χ2v) is 8.04. The van der Waals surface area contributed by atoms with Gasteiger partial charge in [0, 0.05) is 27.9 Å². The maximum absolute atomic E-state index is 12.8. The van der Waals surface area contributed by atoms with E-state index in [-0.39, 0.29) is 11.8 Å². The van der Waals surface area contributed by atoms with Crippen LogP contribution in [0, 0.1) is 6.92 Å². The molecule has 7 heteroatoms. The number of nitrogens with one attached hydrogen (secondary N) is 2. The lowest BCUT2D eigenvalue weighted by Crippen LogP contribution is -2.17. The Labute approximate surface area is 188 Å². The van der Waals surface area contributed by atoms with Crippen molar-refractivity contribution in [1.82, 2.24) is 4.98 Å². The SMILES string of the molecule is Cc1c(NC(=O)c2csc(-c3ccccc3Cl)n2)cccc1C(=O)Nc1ccccc1. The fourth-order valence-electron chi connectivity index (χ4n) is 3.06. The number of nitrogens with zero attached hydrogens (tertiary/aromatic N) is 1. The molecule has 0 aliphatic carbocycles. The predicted octanol–water partition coefficient (Wildman–Crippen LogP) is 6.28. The molecule has 0 saturated carbocycles. The molecule has 0 atom stereocenters. The summed E-state index contributed by atoms with van der Waals surface area (Å²) in [5.74, 6) is -0.590. The van der Waals surface area contributed by atoms with Gasteiger partial charge in [-0.15, -0.1) is 11.3 Å². The van der Waals surface area contributed by atoms with Crippen LogP contribution in [0.2, 0.25) is 5.02 Å². The van der Waals surface area contributed by atoms with E-state index in [0.717, 1.165) is 5.56 Å². The normalized spacial score (nSPS) is 10.5. The zero-order chi connectivity index (χ0) is 21.8. The molecule has 1 heterocycles. The number of amides is 2. The summed E-state index contributed by atoms with van der Waals surface area (Å²) in [4.78, 5) is 29.9. The van der Waals surface area contributed by atoms with Crippen molar-refractivity contribution in [1.29, 1.82) is 0 Å². The standard InChI is InChI=1S/C24H18ClN3O2S/c1-15-17(22(29)26-16-8-3-2-4-9-16)11-7-13-20(15)27-23(30)21-14-31-24(28-21)18-10-5-6-12-19(18)25/h2-14H,1H3,(H,26,29)(H,27,30). The Bertz CT molecular complexity index is 1250. The van der Waals surface area contributed by atoms with E-state index >= 15 is 0 Å². The zero-order valence-corrected chi connectivity index (χ0v) is 18.1. The van der Waals surface area contributed by atoms with Crippen molar-refractivity contribution in [2.45, 2.75) is 6.92 Å². The van der Waals surface area contributed by atoms with E-state index in [1.54, 1.807) is 36.6 Å². The highest BCUT2D eigenvalue weighted by Gasteiger charge is 2.17. The van der Waals surface area contributed by atoms with E-state index in [1.165, 1.54) is 11.3 Å². The van der Waals surface area contributed by atoms with Crippen molar-refractivity contribution >= 4 is 46.1 Å². The summed E-state index contributed by atoms with van der Waals surface area (Å²) in [6.45, 7) is 1.80. The van der Waals surface area contributed by atoms with Crippen molar-refractivity contribution in [3.63, 3.8) is 0 Å². The zero-order valence-electron chi connectivity index (χ0n) is 16.6. The van der Waals surface area contributed by atoms with E-state index in [4.69, 9.17) is 11.6 Å². The Hall–Kier alpha value is -3.48. The van der Waals surface area contributed by atoms with E-state index < -0.39 is 0 Å². The molecule has 0 bridgehead atoms. The number of benzene rings is 3. The van der Waals surface area contributed by atoms with Crippen molar-refractivity contribution in [2.24, 2.45) is 0 Å². The fraction of sp³-hybridized carbons (Fsp3) is 0.0417. The summed E-state index contributed by atoms with van der Waals surface area (Å²) in [6.07, 6.45) is 0. The number of para-hydroxylation sites is 1. The highest BCUT2D eigenvalue weighted by molar-refractivity contribution is 7.13. The minimum Gasteiger partial charge on any atom is -0.322 e. The second kappa shape index (κ2) is 9.12. The third-order valence-electron chi connectivity index (χ3n) is 4.70. The summed E-state index contributed by atoms with van der Waals surface area (Å²) in [5, 5.41) is 8.66. The summed E-state index contributed by atoms with van der Waals surface area (Å²) < 4.78 is 0. The minimum atomic E-state index is -0.349.